The summed E-state index contributed by atoms with van der Waals surface area (Å²) in [6.07, 6.45) is 0.895. The lowest BCUT2D eigenvalue weighted by Crippen LogP contribution is -2.62. The molecule has 0 bridgehead atoms. The summed E-state index contributed by atoms with van der Waals surface area (Å²) in [5.41, 5.74) is 0.337. The van der Waals surface area contributed by atoms with Crippen LogP contribution < -0.4 is 0 Å². The number of benzene rings is 1. The van der Waals surface area contributed by atoms with E-state index in [9.17, 15) is 18.8 Å². The SMILES string of the molecule is O=C(CCc1c(F)cccc1Cl)N1CC(N2C(=O)CCC2=O)C1. The van der Waals surface area contributed by atoms with E-state index in [1.165, 1.54) is 17.0 Å². The van der Waals surface area contributed by atoms with E-state index in [1.807, 2.05) is 0 Å². The van der Waals surface area contributed by atoms with Gasteiger partial charge < -0.3 is 4.90 Å². The molecule has 3 rings (SSSR count). The lowest BCUT2D eigenvalue weighted by Gasteiger charge is -2.43. The average Bonchev–Trinajstić information content (AvgIpc) is 2.77. The Kier molecular flexibility index (Phi) is 4.35. The Morgan fingerprint density at radius 3 is 2.48 bits per heavy atom. The Balaban J connectivity index is 1.51. The summed E-state index contributed by atoms with van der Waals surface area (Å²) in [6.45, 7) is 0.725. The summed E-state index contributed by atoms with van der Waals surface area (Å²) in [7, 11) is 0. The third kappa shape index (κ3) is 3.08. The predicted molar refractivity (Wildman–Crippen MR) is 81.2 cm³/mol. The fourth-order valence-corrected chi connectivity index (χ4v) is 3.24. The van der Waals surface area contributed by atoms with Gasteiger partial charge in [0.1, 0.15) is 5.82 Å². The van der Waals surface area contributed by atoms with Crippen molar-refractivity contribution in [2.45, 2.75) is 31.7 Å². The van der Waals surface area contributed by atoms with E-state index in [1.54, 1.807) is 11.0 Å². The van der Waals surface area contributed by atoms with Gasteiger partial charge in [0.2, 0.25) is 17.7 Å². The summed E-state index contributed by atoms with van der Waals surface area (Å²) in [5.74, 6) is -0.866. The van der Waals surface area contributed by atoms with Crippen LogP contribution in [0, 0.1) is 5.82 Å². The van der Waals surface area contributed by atoms with Gasteiger partial charge in [-0.3, -0.25) is 19.3 Å². The van der Waals surface area contributed by atoms with Gasteiger partial charge in [-0.25, -0.2) is 4.39 Å². The van der Waals surface area contributed by atoms with Crippen LogP contribution in [-0.4, -0.2) is 46.7 Å². The van der Waals surface area contributed by atoms with E-state index in [2.05, 4.69) is 0 Å². The second-order valence-corrected chi connectivity index (χ2v) is 6.22. The van der Waals surface area contributed by atoms with Crippen molar-refractivity contribution in [2.75, 3.05) is 13.1 Å². The summed E-state index contributed by atoms with van der Waals surface area (Å²) in [6, 6.07) is 4.22. The zero-order valence-electron chi connectivity index (χ0n) is 12.4. The van der Waals surface area contributed by atoms with Gasteiger partial charge in [-0.1, -0.05) is 17.7 Å². The summed E-state index contributed by atoms with van der Waals surface area (Å²) >= 11 is 5.94. The van der Waals surface area contributed by atoms with Crippen molar-refractivity contribution in [1.82, 2.24) is 9.80 Å². The molecule has 0 saturated carbocycles. The van der Waals surface area contributed by atoms with Gasteiger partial charge in [0.25, 0.3) is 0 Å². The summed E-state index contributed by atoms with van der Waals surface area (Å²) in [4.78, 5) is 38.2. The van der Waals surface area contributed by atoms with Crippen LogP contribution >= 0.6 is 11.6 Å². The maximum atomic E-state index is 13.7. The van der Waals surface area contributed by atoms with Crippen molar-refractivity contribution >= 4 is 29.3 Å². The van der Waals surface area contributed by atoms with Crippen molar-refractivity contribution in [3.8, 4) is 0 Å². The highest BCUT2D eigenvalue weighted by Gasteiger charge is 2.42. The van der Waals surface area contributed by atoms with Crippen LogP contribution in [0.1, 0.15) is 24.8 Å². The lowest BCUT2D eigenvalue weighted by molar-refractivity contribution is -0.151. The van der Waals surface area contributed by atoms with Crippen molar-refractivity contribution in [2.24, 2.45) is 0 Å². The zero-order chi connectivity index (χ0) is 16.6. The van der Waals surface area contributed by atoms with Gasteiger partial charge in [0.05, 0.1) is 6.04 Å². The quantitative estimate of drug-likeness (QED) is 0.786. The Hall–Kier alpha value is -1.95. The molecule has 0 N–H and O–H groups in total. The standard InChI is InChI=1S/C16H16ClFN2O3/c17-12-2-1-3-13(18)11(12)4-5-14(21)19-8-10(9-19)20-15(22)6-7-16(20)23/h1-3,10H,4-9H2. The Morgan fingerprint density at radius 1 is 1.22 bits per heavy atom. The van der Waals surface area contributed by atoms with E-state index in [4.69, 9.17) is 11.6 Å². The second kappa shape index (κ2) is 6.28. The fraction of sp³-hybridized carbons (Fsp3) is 0.438. The largest absolute Gasteiger partial charge is 0.338 e. The number of imide groups is 1. The van der Waals surface area contributed by atoms with Gasteiger partial charge in [-0.2, -0.15) is 0 Å². The normalized spacial score (nSPS) is 18.5. The fourth-order valence-electron chi connectivity index (χ4n) is 2.98. The lowest BCUT2D eigenvalue weighted by atomic mass is 10.0. The van der Waals surface area contributed by atoms with Crippen molar-refractivity contribution in [3.63, 3.8) is 0 Å². The summed E-state index contributed by atoms with van der Waals surface area (Å²) < 4.78 is 13.7. The van der Waals surface area contributed by atoms with E-state index in [-0.39, 0.29) is 49.4 Å². The maximum Gasteiger partial charge on any atom is 0.230 e. The number of halogens is 2. The first-order chi connectivity index (χ1) is 11.0. The Labute approximate surface area is 138 Å². The number of amides is 3. The monoisotopic (exact) mass is 338 g/mol. The first-order valence-corrected chi connectivity index (χ1v) is 7.90. The number of likely N-dealkylation sites (tertiary alicyclic amines) is 2. The molecular weight excluding hydrogens is 323 g/mol. The van der Waals surface area contributed by atoms with Crippen molar-refractivity contribution in [1.29, 1.82) is 0 Å². The highest BCUT2D eigenvalue weighted by molar-refractivity contribution is 6.31. The van der Waals surface area contributed by atoms with Crippen LogP contribution in [0.15, 0.2) is 18.2 Å². The minimum Gasteiger partial charge on any atom is -0.338 e. The third-order valence-electron chi connectivity index (χ3n) is 4.32. The van der Waals surface area contributed by atoms with E-state index < -0.39 is 5.82 Å². The van der Waals surface area contributed by atoms with Gasteiger partial charge in [0, 0.05) is 42.9 Å². The molecule has 2 fully saturated rings. The molecular formula is C16H16ClFN2O3. The molecule has 2 saturated heterocycles. The molecule has 2 aliphatic heterocycles. The molecule has 0 aromatic heterocycles. The van der Waals surface area contributed by atoms with Gasteiger partial charge in [0.15, 0.2) is 0 Å². The minimum absolute atomic E-state index is 0.125. The van der Waals surface area contributed by atoms with Gasteiger partial charge >= 0.3 is 0 Å². The molecule has 23 heavy (non-hydrogen) atoms. The smallest absolute Gasteiger partial charge is 0.230 e. The van der Waals surface area contributed by atoms with Crippen LogP contribution in [0.2, 0.25) is 5.02 Å². The second-order valence-electron chi connectivity index (χ2n) is 5.81. The van der Waals surface area contributed by atoms with Crippen LogP contribution in [0.4, 0.5) is 4.39 Å². The molecule has 0 aliphatic carbocycles. The molecule has 0 radical (unpaired) electrons. The van der Waals surface area contributed by atoms with Crippen LogP contribution in [0.3, 0.4) is 0 Å². The molecule has 2 heterocycles. The Bertz CT molecular complexity index is 637. The molecule has 0 atom stereocenters. The Morgan fingerprint density at radius 2 is 1.87 bits per heavy atom. The molecule has 2 aliphatic rings. The number of carbonyl (C=O) groups is 3. The highest BCUT2D eigenvalue weighted by atomic mass is 35.5. The van der Waals surface area contributed by atoms with E-state index >= 15 is 0 Å². The molecule has 1 aromatic rings. The molecule has 0 unspecified atom stereocenters. The molecule has 7 heteroatoms. The molecule has 122 valence electrons. The zero-order valence-corrected chi connectivity index (χ0v) is 13.2. The molecule has 0 spiro atoms. The number of nitrogens with zero attached hydrogens (tertiary/aromatic N) is 2. The van der Waals surface area contributed by atoms with Crippen molar-refractivity contribution < 1.29 is 18.8 Å². The van der Waals surface area contributed by atoms with Gasteiger partial charge in [-0.15, -0.1) is 0 Å². The maximum absolute atomic E-state index is 13.7. The molecule has 3 amide bonds. The number of hydrogen-bond donors (Lipinski definition) is 0. The first-order valence-electron chi connectivity index (χ1n) is 7.53. The summed E-state index contributed by atoms with van der Waals surface area (Å²) in [5, 5.41) is 0.313. The van der Waals surface area contributed by atoms with Gasteiger partial charge in [-0.05, 0) is 18.6 Å². The molecule has 1 aromatic carbocycles. The number of rotatable bonds is 4. The number of carbonyl (C=O) groups excluding carboxylic acids is 3. The highest BCUT2D eigenvalue weighted by Crippen LogP contribution is 2.24. The van der Waals surface area contributed by atoms with Crippen LogP contribution in [0.5, 0.6) is 0 Å². The van der Waals surface area contributed by atoms with Crippen molar-refractivity contribution in [3.05, 3.63) is 34.6 Å². The van der Waals surface area contributed by atoms with E-state index in [0.29, 0.717) is 23.7 Å². The minimum atomic E-state index is -0.417. The average molecular weight is 339 g/mol. The van der Waals surface area contributed by atoms with E-state index in [0.717, 1.165) is 0 Å². The predicted octanol–water partition coefficient (Wildman–Crippen LogP) is 1.77. The molecule has 5 nitrogen and oxygen atoms in total. The third-order valence-corrected chi connectivity index (χ3v) is 4.67. The van der Waals surface area contributed by atoms with Crippen LogP contribution in [0.25, 0.3) is 0 Å². The number of hydrogen-bond acceptors (Lipinski definition) is 3. The van der Waals surface area contributed by atoms with Crippen LogP contribution in [-0.2, 0) is 20.8 Å². The topological polar surface area (TPSA) is 57.7 Å². The first kappa shape index (κ1) is 15.9.